The van der Waals surface area contributed by atoms with Crippen LogP contribution in [-0.4, -0.2) is 22.6 Å². The van der Waals surface area contributed by atoms with Crippen LogP contribution in [0.5, 0.6) is 0 Å². The lowest BCUT2D eigenvalue weighted by molar-refractivity contribution is -0.142. The van der Waals surface area contributed by atoms with Gasteiger partial charge in [0.25, 0.3) is 0 Å². The number of piperidine rings is 1. The number of aromatic nitrogens is 1. The second kappa shape index (κ2) is 4.02. The van der Waals surface area contributed by atoms with Crippen molar-refractivity contribution in [3.8, 4) is 0 Å². The molecule has 1 aromatic heterocycles. The Bertz CT molecular complexity index is 353. The Morgan fingerprint density at radius 2 is 2.47 bits per heavy atom. The molecule has 1 fully saturated rings. The molecule has 0 bridgehead atoms. The Balaban J connectivity index is 2.00. The van der Waals surface area contributed by atoms with Crippen molar-refractivity contribution < 1.29 is 14.3 Å². The van der Waals surface area contributed by atoms with E-state index in [2.05, 4.69) is 10.3 Å². The number of oxazole rings is 1. The average molecular weight is 210 g/mol. The number of carboxylic acids is 1. The molecule has 0 aromatic carbocycles. The number of hydrogen-bond acceptors (Lipinski definition) is 4. The highest BCUT2D eigenvalue weighted by molar-refractivity contribution is 5.70. The second-order valence-electron chi connectivity index (χ2n) is 3.88. The van der Waals surface area contributed by atoms with Gasteiger partial charge in [-0.15, -0.1) is 0 Å². The zero-order valence-corrected chi connectivity index (χ0v) is 8.56. The molecule has 1 saturated heterocycles. The van der Waals surface area contributed by atoms with Gasteiger partial charge in [0.15, 0.2) is 6.39 Å². The van der Waals surface area contributed by atoms with Gasteiger partial charge in [-0.2, -0.15) is 0 Å². The van der Waals surface area contributed by atoms with E-state index < -0.39 is 5.97 Å². The van der Waals surface area contributed by atoms with Crippen molar-refractivity contribution in [1.29, 1.82) is 0 Å². The van der Waals surface area contributed by atoms with Crippen LogP contribution in [0.3, 0.4) is 0 Å². The van der Waals surface area contributed by atoms with Crippen LogP contribution in [0.1, 0.15) is 30.3 Å². The van der Waals surface area contributed by atoms with E-state index >= 15 is 0 Å². The first-order valence-corrected chi connectivity index (χ1v) is 5.04. The summed E-state index contributed by atoms with van der Waals surface area (Å²) < 4.78 is 5.28. The van der Waals surface area contributed by atoms with Crippen LogP contribution in [0.25, 0.3) is 0 Å². The van der Waals surface area contributed by atoms with E-state index in [-0.39, 0.29) is 12.0 Å². The summed E-state index contributed by atoms with van der Waals surface area (Å²) in [5, 5.41) is 12.0. The van der Waals surface area contributed by atoms with E-state index in [1.165, 1.54) is 6.39 Å². The molecule has 82 valence electrons. The molecule has 5 heteroatoms. The molecule has 5 nitrogen and oxygen atoms in total. The molecule has 2 unspecified atom stereocenters. The van der Waals surface area contributed by atoms with Crippen LogP contribution in [0.2, 0.25) is 0 Å². The van der Waals surface area contributed by atoms with Gasteiger partial charge in [0.2, 0.25) is 0 Å². The van der Waals surface area contributed by atoms with Crippen molar-refractivity contribution in [2.45, 2.75) is 25.8 Å². The molecular formula is C10H14N2O3. The lowest BCUT2D eigenvalue weighted by atomic mass is 9.93. The standard InChI is InChI=1S/C10H14N2O3/c1-6-9(15-5-12-6)8-3-2-7(4-11-8)10(13)14/h5,7-8,11H,2-4H2,1H3,(H,13,14). The molecular weight excluding hydrogens is 196 g/mol. The Hall–Kier alpha value is -1.36. The molecule has 1 aliphatic heterocycles. The summed E-state index contributed by atoms with van der Waals surface area (Å²) in [5.41, 5.74) is 0.876. The maximum Gasteiger partial charge on any atom is 0.307 e. The van der Waals surface area contributed by atoms with E-state index in [4.69, 9.17) is 9.52 Å². The molecule has 0 aliphatic carbocycles. The zero-order chi connectivity index (χ0) is 10.8. The van der Waals surface area contributed by atoms with E-state index in [0.29, 0.717) is 13.0 Å². The lowest BCUT2D eigenvalue weighted by Gasteiger charge is -2.26. The summed E-state index contributed by atoms with van der Waals surface area (Å²) in [6.07, 6.45) is 2.90. The number of hydrogen-bond donors (Lipinski definition) is 2. The number of carboxylic acid groups (broad SMARTS) is 1. The molecule has 0 amide bonds. The van der Waals surface area contributed by atoms with E-state index in [1.54, 1.807) is 0 Å². The van der Waals surface area contributed by atoms with E-state index in [1.807, 2.05) is 6.92 Å². The van der Waals surface area contributed by atoms with Gasteiger partial charge in [-0.1, -0.05) is 0 Å². The fourth-order valence-electron chi connectivity index (χ4n) is 1.94. The van der Waals surface area contributed by atoms with Crippen molar-refractivity contribution in [2.24, 2.45) is 5.92 Å². The monoisotopic (exact) mass is 210 g/mol. The summed E-state index contributed by atoms with van der Waals surface area (Å²) >= 11 is 0. The van der Waals surface area contributed by atoms with Gasteiger partial charge in [0, 0.05) is 6.54 Å². The highest BCUT2D eigenvalue weighted by atomic mass is 16.4. The summed E-state index contributed by atoms with van der Waals surface area (Å²) in [6.45, 7) is 2.39. The molecule has 2 heterocycles. The normalized spacial score (nSPS) is 26.5. The number of aliphatic carboxylic acids is 1. The molecule has 2 atom stereocenters. The van der Waals surface area contributed by atoms with Gasteiger partial charge < -0.3 is 14.8 Å². The summed E-state index contributed by atoms with van der Waals surface area (Å²) in [4.78, 5) is 14.8. The third-order valence-electron chi connectivity index (χ3n) is 2.86. The molecule has 2 rings (SSSR count). The molecule has 15 heavy (non-hydrogen) atoms. The summed E-state index contributed by atoms with van der Waals surface area (Å²) in [7, 11) is 0. The van der Waals surface area contributed by atoms with Gasteiger partial charge in [0.1, 0.15) is 5.76 Å². The first kappa shape index (κ1) is 10.2. The van der Waals surface area contributed by atoms with Crippen molar-refractivity contribution in [3.05, 3.63) is 17.8 Å². The van der Waals surface area contributed by atoms with E-state index in [9.17, 15) is 4.79 Å². The van der Waals surface area contributed by atoms with Crippen molar-refractivity contribution in [3.63, 3.8) is 0 Å². The third kappa shape index (κ3) is 2.02. The molecule has 1 aromatic rings. The van der Waals surface area contributed by atoms with Crippen molar-refractivity contribution >= 4 is 5.97 Å². The number of aryl methyl sites for hydroxylation is 1. The van der Waals surface area contributed by atoms with Gasteiger partial charge in [0.05, 0.1) is 17.7 Å². The smallest absolute Gasteiger partial charge is 0.307 e. The molecule has 1 aliphatic rings. The fourth-order valence-corrected chi connectivity index (χ4v) is 1.94. The predicted octanol–water partition coefficient (Wildman–Crippen LogP) is 1.11. The average Bonchev–Trinajstić information content (AvgIpc) is 2.65. The molecule has 0 saturated carbocycles. The summed E-state index contributed by atoms with van der Waals surface area (Å²) in [5.74, 6) is -0.168. The molecule has 2 N–H and O–H groups in total. The van der Waals surface area contributed by atoms with Crippen LogP contribution < -0.4 is 5.32 Å². The zero-order valence-electron chi connectivity index (χ0n) is 8.56. The van der Waals surface area contributed by atoms with Crippen molar-refractivity contribution in [2.75, 3.05) is 6.54 Å². The Kier molecular flexibility index (Phi) is 2.73. The Labute approximate surface area is 87.5 Å². The number of carbonyl (C=O) groups is 1. The minimum atomic E-state index is -0.727. The van der Waals surface area contributed by atoms with Crippen LogP contribution in [-0.2, 0) is 4.79 Å². The maximum absolute atomic E-state index is 10.7. The van der Waals surface area contributed by atoms with Gasteiger partial charge >= 0.3 is 5.97 Å². The van der Waals surface area contributed by atoms with E-state index in [0.717, 1.165) is 17.9 Å². The quantitative estimate of drug-likeness (QED) is 0.764. The van der Waals surface area contributed by atoms with Crippen LogP contribution in [0, 0.1) is 12.8 Å². The lowest BCUT2D eigenvalue weighted by Crippen LogP contribution is -2.36. The minimum absolute atomic E-state index is 0.114. The topological polar surface area (TPSA) is 75.4 Å². The van der Waals surface area contributed by atoms with Crippen LogP contribution >= 0.6 is 0 Å². The highest BCUT2D eigenvalue weighted by Gasteiger charge is 2.28. The maximum atomic E-state index is 10.7. The summed E-state index contributed by atoms with van der Waals surface area (Å²) in [6, 6.07) is 0.114. The minimum Gasteiger partial charge on any atom is -0.481 e. The first-order valence-electron chi connectivity index (χ1n) is 5.04. The highest BCUT2D eigenvalue weighted by Crippen LogP contribution is 2.27. The Morgan fingerprint density at radius 1 is 1.67 bits per heavy atom. The van der Waals surface area contributed by atoms with Gasteiger partial charge in [-0.25, -0.2) is 4.98 Å². The number of nitrogens with zero attached hydrogens (tertiary/aromatic N) is 1. The van der Waals surface area contributed by atoms with Crippen LogP contribution in [0.15, 0.2) is 10.8 Å². The Morgan fingerprint density at radius 3 is 2.93 bits per heavy atom. The molecule has 0 radical (unpaired) electrons. The predicted molar refractivity (Wildman–Crippen MR) is 52.3 cm³/mol. The SMILES string of the molecule is Cc1ncoc1C1CCC(C(=O)O)CN1. The van der Waals surface area contributed by atoms with Crippen molar-refractivity contribution in [1.82, 2.24) is 10.3 Å². The third-order valence-corrected chi connectivity index (χ3v) is 2.86. The van der Waals surface area contributed by atoms with Gasteiger partial charge in [-0.3, -0.25) is 4.79 Å². The fraction of sp³-hybridized carbons (Fsp3) is 0.600. The van der Waals surface area contributed by atoms with Crippen LogP contribution in [0.4, 0.5) is 0 Å². The largest absolute Gasteiger partial charge is 0.481 e. The first-order chi connectivity index (χ1) is 7.18. The van der Waals surface area contributed by atoms with Gasteiger partial charge in [-0.05, 0) is 19.8 Å². The molecule has 0 spiro atoms. The second-order valence-corrected chi connectivity index (χ2v) is 3.88. The number of rotatable bonds is 2. The number of nitrogens with one attached hydrogen (secondary N) is 1.